The maximum absolute atomic E-state index is 5.06. The molecule has 0 aliphatic carbocycles. The standard InChI is InChI=1S/2C11H23NS2.3C3H7NS2.Bi.Cd/c2*1-3-5-7-9-12(11(13)14)10-8-6-4-2;3*1-4(2)3(5)6;;/h2*3-10H2,1-2H3,(H,13,14);3*1-2H3,(H,5,6);;/q;;;;;+3;+2/p-5. The number of thiocarbonyl (C=S) groups is 5. The van der Waals surface area contributed by atoms with E-state index in [1.54, 1.807) is 14.7 Å². The van der Waals surface area contributed by atoms with Gasteiger partial charge in [-0.2, -0.15) is 0 Å². The number of rotatable bonds is 16. The first-order valence-corrected chi connectivity index (χ1v) is 20.0. The third-order valence-corrected chi connectivity index (χ3v) is 8.96. The Morgan fingerprint density at radius 1 is 0.375 bits per heavy atom. The summed E-state index contributed by atoms with van der Waals surface area (Å²) in [5.41, 5.74) is 0. The second-order valence-corrected chi connectivity index (χ2v) is 16.0. The van der Waals surface area contributed by atoms with Crippen LogP contribution in [0.3, 0.4) is 0 Å². The van der Waals surface area contributed by atoms with E-state index in [1.807, 2.05) is 42.3 Å². The molecule has 0 spiro atoms. The summed E-state index contributed by atoms with van der Waals surface area (Å²) in [5.74, 6) is 0. The van der Waals surface area contributed by atoms with Crippen molar-refractivity contribution in [2.24, 2.45) is 0 Å². The van der Waals surface area contributed by atoms with Crippen molar-refractivity contribution in [2.45, 2.75) is 105 Å². The van der Waals surface area contributed by atoms with Gasteiger partial charge in [0.1, 0.15) is 0 Å². The molecule has 17 heteroatoms. The summed E-state index contributed by atoms with van der Waals surface area (Å²) in [6, 6.07) is 0. The average Bonchev–Trinajstić information content (AvgIpc) is 2.96. The first-order chi connectivity index (χ1) is 21.4. The maximum Gasteiger partial charge on any atom is 3.00 e. The molecule has 0 aromatic heterocycles. The Hall–Kier alpha value is 2.36. The molecule has 0 unspecified atom stereocenters. The first kappa shape index (κ1) is 65.3. The van der Waals surface area contributed by atoms with Crippen molar-refractivity contribution in [3.63, 3.8) is 0 Å². The number of unbranched alkanes of at least 4 members (excludes halogenated alkanes) is 8. The Kier molecular flexibility index (Phi) is 67.1. The fourth-order valence-electron chi connectivity index (χ4n) is 2.80. The Morgan fingerprint density at radius 3 is 0.604 bits per heavy atom. The van der Waals surface area contributed by atoms with E-state index in [1.165, 1.54) is 77.0 Å². The van der Waals surface area contributed by atoms with Gasteiger partial charge >= 0.3 is 53.5 Å². The number of hydrogen-bond donors (Lipinski definition) is 0. The van der Waals surface area contributed by atoms with Crippen molar-refractivity contribution >= 4 is 172 Å². The molecule has 0 fully saturated rings. The summed E-state index contributed by atoms with van der Waals surface area (Å²) in [7, 11) is 11.0. The molecule has 0 aromatic carbocycles. The minimum absolute atomic E-state index is 0. The Balaban J connectivity index is -0.0000000920. The number of hydrogen-bond acceptors (Lipinski definition) is 10. The van der Waals surface area contributed by atoms with Gasteiger partial charge < -0.3 is 149 Å². The molecule has 0 aromatic rings. The molecule has 0 amide bonds. The molecule has 48 heavy (non-hydrogen) atoms. The van der Waals surface area contributed by atoms with Gasteiger partial charge in [0.2, 0.25) is 0 Å². The van der Waals surface area contributed by atoms with Crippen LogP contribution >= 0.6 is 61.1 Å². The molecule has 0 heterocycles. The van der Waals surface area contributed by atoms with Crippen molar-refractivity contribution in [3.05, 3.63) is 0 Å². The second kappa shape index (κ2) is 49.4. The zero-order valence-electron chi connectivity index (χ0n) is 31.3. The van der Waals surface area contributed by atoms with Crippen LogP contribution in [0.5, 0.6) is 0 Å². The summed E-state index contributed by atoms with van der Waals surface area (Å²) in [4.78, 5) is 9.49. The SMILES string of the molecule is CCCCCN(CCCCC)C(=S)[S-].CCCCCN(CCCCC)C(=S)[S-].CN(C)C(=S)[S-].CN(C)C(=S)[S-].CN(C)C(=S)[S-].[Bi+3].[Cd+2]. The van der Waals surface area contributed by atoms with Gasteiger partial charge in [-0.3, -0.25) is 0 Å². The summed E-state index contributed by atoms with van der Waals surface area (Å²) in [6.45, 7) is 13.1. The van der Waals surface area contributed by atoms with E-state index in [0.29, 0.717) is 21.6 Å². The van der Waals surface area contributed by atoms with E-state index >= 15 is 0 Å². The van der Waals surface area contributed by atoms with Gasteiger partial charge in [-0.1, -0.05) is 101 Å². The molecule has 0 bridgehead atoms. The maximum atomic E-state index is 5.06. The van der Waals surface area contributed by atoms with Crippen molar-refractivity contribution in [2.75, 3.05) is 68.5 Å². The van der Waals surface area contributed by atoms with E-state index in [0.717, 1.165) is 26.2 Å². The largest absolute Gasteiger partial charge is 3.00 e. The topological polar surface area (TPSA) is 16.2 Å². The van der Waals surface area contributed by atoms with E-state index < -0.39 is 0 Å². The molecule has 0 aliphatic heterocycles. The predicted molar refractivity (Wildman–Crippen MR) is 248 cm³/mol. The van der Waals surface area contributed by atoms with Gasteiger partial charge in [0.15, 0.2) is 0 Å². The summed E-state index contributed by atoms with van der Waals surface area (Å²) < 4.78 is 2.83. The van der Waals surface area contributed by atoms with Crippen LogP contribution in [0.2, 0.25) is 0 Å². The molecule has 278 valence electrons. The molecule has 0 N–H and O–H groups in total. The van der Waals surface area contributed by atoms with Gasteiger partial charge in [-0.15, -0.1) is 0 Å². The van der Waals surface area contributed by atoms with E-state index in [9.17, 15) is 0 Å². The van der Waals surface area contributed by atoms with Gasteiger partial charge in [-0.25, -0.2) is 0 Å². The molecule has 0 saturated carbocycles. The van der Waals surface area contributed by atoms with Crippen molar-refractivity contribution in [1.82, 2.24) is 24.5 Å². The van der Waals surface area contributed by atoms with Crippen molar-refractivity contribution < 1.29 is 27.3 Å². The zero-order chi connectivity index (χ0) is 37.1. The van der Waals surface area contributed by atoms with Crippen LogP contribution in [-0.2, 0) is 90.4 Å². The Labute approximate surface area is 392 Å². The van der Waals surface area contributed by atoms with E-state index in [-0.39, 0.29) is 53.5 Å². The Bertz CT molecular complexity index is 670. The molecule has 5 nitrogen and oxygen atoms in total. The molecule has 0 aliphatic rings. The molecular formula is C31H62BiCdN5S10. The van der Waals surface area contributed by atoms with E-state index in [2.05, 4.69) is 112 Å². The smallest absolute Gasteiger partial charge is 0.411 e. The normalized spacial score (nSPS) is 8.79. The van der Waals surface area contributed by atoms with Gasteiger partial charge in [0.05, 0.1) is 0 Å². The van der Waals surface area contributed by atoms with Crippen LogP contribution in [0.1, 0.15) is 105 Å². The minimum atomic E-state index is 0. The second-order valence-electron chi connectivity index (χ2n) is 10.8. The third-order valence-electron chi connectivity index (χ3n) is 5.74. The summed E-state index contributed by atoms with van der Waals surface area (Å²) in [5, 5.41) is 0. The van der Waals surface area contributed by atoms with Crippen LogP contribution in [0.15, 0.2) is 0 Å². The van der Waals surface area contributed by atoms with E-state index in [4.69, 9.17) is 49.7 Å². The minimum Gasteiger partial charge on any atom is -0.411 e. The van der Waals surface area contributed by atoms with Gasteiger partial charge in [0, 0.05) is 68.5 Å². The molecule has 0 atom stereocenters. The summed E-state index contributed by atoms with van der Waals surface area (Å²) >= 11 is 47.6. The van der Waals surface area contributed by atoms with Crippen LogP contribution in [0.25, 0.3) is 0 Å². The van der Waals surface area contributed by atoms with Crippen LogP contribution < -0.4 is 0 Å². The number of nitrogens with zero attached hydrogens (tertiary/aromatic N) is 5. The van der Waals surface area contributed by atoms with Crippen molar-refractivity contribution in [1.29, 1.82) is 0 Å². The summed E-state index contributed by atoms with van der Waals surface area (Å²) in [6.07, 6.45) is 15.0. The van der Waals surface area contributed by atoms with Gasteiger partial charge in [0.25, 0.3) is 0 Å². The fourth-order valence-corrected chi connectivity index (χ4v) is 3.53. The van der Waals surface area contributed by atoms with Gasteiger partial charge in [-0.05, 0) is 25.7 Å². The zero-order valence-corrected chi connectivity index (χ0v) is 47.0. The van der Waals surface area contributed by atoms with Crippen molar-refractivity contribution in [3.8, 4) is 0 Å². The average molecular weight is 1150 g/mol. The van der Waals surface area contributed by atoms with Crippen LogP contribution in [-0.4, -0.2) is 141 Å². The quantitative estimate of drug-likeness (QED) is 0.0649. The third kappa shape index (κ3) is 60.4. The molecule has 0 rings (SSSR count). The monoisotopic (exact) mass is 1150 g/mol. The molecule has 0 saturated heterocycles. The first-order valence-electron chi connectivity index (χ1n) is 15.9. The molecular weight excluding hydrogens is 1080 g/mol. The van der Waals surface area contributed by atoms with Crippen LogP contribution in [0.4, 0.5) is 0 Å². The fraction of sp³-hybridized carbons (Fsp3) is 0.839. The predicted octanol–water partition coefficient (Wildman–Crippen LogP) is 7.76. The Morgan fingerprint density at radius 2 is 0.521 bits per heavy atom. The van der Waals surface area contributed by atoms with Crippen LogP contribution in [0, 0.1) is 0 Å². The molecule has 2 radical (unpaired) electrons.